The molecule has 0 radical (unpaired) electrons. The Morgan fingerprint density at radius 1 is 0.328 bits per heavy atom. The fourth-order valence-electron chi connectivity index (χ4n) is 8.34. The molecule has 1 atom stereocenters. The van der Waals surface area contributed by atoms with E-state index in [4.69, 9.17) is 14.2 Å². The third-order valence-corrected chi connectivity index (χ3v) is 12.7. The van der Waals surface area contributed by atoms with Crippen molar-refractivity contribution in [1.82, 2.24) is 0 Å². The van der Waals surface area contributed by atoms with Crippen molar-refractivity contribution in [2.24, 2.45) is 0 Å². The van der Waals surface area contributed by atoms with Crippen molar-refractivity contribution in [3.8, 4) is 0 Å². The predicted molar refractivity (Wildman–Crippen MR) is 279 cm³/mol. The lowest BCUT2D eigenvalue weighted by molar-refractivity contribution is -0.155. The summed E-state index contributed by atoms with van der Waals surface area (Å²) in [6.07, 6.45) is 67.5. The van der Waals surface area contributed by atoms with E-state index >= 15 is 0 Å². The van der Waals surface area contributed by atoms with Crippen LogP contribution in [0.5, 0.6) is 0 Å². The lowest BCUT2D eigenvalue weighted by Gasteiger charge is -2.18. The van der Waals surface area contributed by atoms with Crippen LogP contribution < -0.4 is 0 Å². The molecule has 0 aromatic carbocycles. The van der Waals surface area contributed by atoms with Gasteiger partial charge in [-0.25, -0.2) is 0 Å². The zero-order valence-electron chi connectivity index (χ0n) is 43.3. The second-order valence-electron chi connectivity index (χ2n) is 19.2. The van der Waals surface area contributed by atoms with Gasteiger partial charge in [-0.3, -0.25) is 9.59 Å². The highest BCUT2D eigenvalue weighted by atomic mass is 16.6. The SMILES string of the molecule is CCCCC/C=C\C/C=C\CCCCCCCCCC(=O)OC[C@H](COC(=O)CCCCCCCCC/C=C\CCCCCC)OCCCCCCCCCCCCCCCCCC. The van der Waals surface area contributed by atoms with Crippen molar-refractivity contribution in [2.45, 2.75) is 309 Å². The fourth-order valence-corrected chi connectivity index (χ4v) is 8.34. The maximum atomic E-state index is 12.6. The highest BCUT2D eigenvalue weighted by Gasteiger charge is 2.16. The summed E-state index contributed by atoms with van der Waals surface area (Å²) in [6.45, 7) is 7.73. The van der Waals surface area contributed by atoms with Crippen LogP contribution in [0.1, 0.15) is 303 Å². The minimum atomic E-state index is -0.401. The van der Waals surface area contributed by atoms with E-state index in [2.05, 4.69) is 57.2 Å². The molecule has 0 aliphatic rings. The zero-order chi connectivity index (χ0) is 46.3. The number of ether oxygens (including phenoxy) is 3. The molecule has 0 saturated heterocycles. The van der Waals surface area contributed by atoms with Gasteiger partial charge in [-0.15, -0.1) is 0 Å². The number of hydrogen-bond acceptors (Lipinski definition) is 5. The number of hydrogen-bond donors (Lipinski definition) is 0. The summed E-state index contributed by atoms with van der Waals surface area (Å²) in [5, 5.41) is 0. The average molecular weight is 900 g/mol. The lowest BCUT2D eigenvalue weighted by Crippen LogP contribution is -2.29. The van der Waals surface area contributed by atoms with Gasteiger partial charge in [0.2, 0.25) is 0 Å². The fraction of sp³-hybridized carbons (Fsp3) is 0.864. The predicted octanol–water partition coefficient (Wildman–Crippen LogP) is 19.4. The molecule has 0 aliphatic heterocycles. The van der Waals surface area contributed by atoms with Crippen LogP contribution in [0.4, 0.5) is 0 Å². The molecule has 0 heterocycles. The molecule has 376 valence electrons. The number of unbranched alkanes of at least 4 members (excludes halogenated alkanes) is 36. The normalized spacial score (nSPS) is 12.4. The van der Waals surface area contributed by atoms with Crippen LogP contribution in [0.3, 0.4) is 0 Å². The van der Waals surface area contributed by atoms with Crippen molar-refractivity contribution in [3.05, 3.63) is 36.5 Å². The number of carbonyl (C=O) groups excluding carboxylic acids is 2. The maximum Gasteiger partial charge on any atom is 0.305 e. The van der Waals surface area contributed by atoms with Crippen molar-refractivity contribution in [3.63, 3.8) is 0 Å². The molecule has 64 heavy (non-hydrogen) atoms. The van der Waals surface area contributed by atoms with E-state index in [1.807, 2.05) is 0 Å². The number of rotatable bonds is 53. The highest BCUT2D eigenvalue weighted by molar-refractivity contribution is 5.69. The second-order valence-corrected chi connectivity index (χ2v) is 19.2. The number of esters is 2. The molecule has 5 nitrogen and oxygen atoms in total. The van der Waals surface area contributed by atoms with E-state index in [0.29, 0.717) is 19.4 Å². The van der Waals surface area contributed by atoms with Crippen molar-refractivity contribution in [1.29, 1.82) is 0 Å². The molecule has 0 rings (SSSR count). The van der Waals surface area contributed by atoms with Crippen LogP contribution in [0.25, 0.3) is 0 Å². The summed E-state index contributed by atoms with van der Waals surface area (Å²) in [4.78, 5) is 25.3. The maximum absolute atomic E-state index is 12.6. The van der Waals surface area contributed by atoms with Crippen LogP contribution in [-0.4, -0.2) is 37.9 Å². The van der Waals surface area contributed by atoms with Gasteiger partial charge in [-0.05, 0) is 77.0 Å². The molecule has 0 aliphatic carbocycles. The molecule has 0 amide bonds. The summed E-state index contributed by atoms with van der Waals surface area (Å²) in [5.74, 6) is -0.333. The van der Waals surface area contributed by atoms with Gasteiger partial charge in [0.15, 0.2) is 0 Å². The van der Waals surface area contributed by atoms with Crippen LogP contribution in [0, 0.1) is 0 Å². The molecule has 5 heteroatoms. The Morgan fingerprint density at radius 3 is 0.969 bits per heavy atom. The molecular formula is C59H110O5. The van der Waals surface area contributed by atoms with Crippen LogP contribution in [-0.2, 0) is 23.8 Å². The van der Waals surface area contributed by atoms with Crippen molar-refractivity contribution >= 4 is 11.9 Å². The van der Waals surface area contributed by atoms with Gasteiger partial charge < -0.3 is 14.2 Å². The molecule has 0 N–H and O–H groups in total. The Hall–Kier alpha value is -1.88. The standard InChI is InChI=1S/C59H110O5/c1-4-7-10-13-16-19-22-25-28-30-32-35-38-41-44-47-50-53-59(61)64-56-57(62-54-51-48-45-42-39-36-33-29-26-23-20-17-14-11-8-5-2)55-63-58(60)52-49-46-43-40-37-34-31-27-24-21-18-15-12-9-6-3/h16,19,21,24-25,28,57H,4-15,17-18,20,22-23,26-27,29-56H2,1-3H3/b19-16-,24-21-,28-25-/t57-/m0/s1. The first-order chi connectivity index (χ1) is 31.6. The third-order valence-electron chi connectivity index (χ3n) is 12.7. The van der Waals surface area contributed by atoms with E-state index in [1.165, 1.54) is 225 Å². The largest absolute Gasteiger partial charge is 0.463 e. The Labute approximate surface area is 400 Å². The Kier molecular flexibility index (Phi) is 53.8. The highest BCUT2D eigenvalue weighted by Crippen LogP contribution is 2.16. The first kappa shape index (κ1) is 62.1. The molecule has 0 saturated carbocycles. The quantitative estimate of drug-likeness (QED) is 0.0346. The van der Waals surface area contributed by atoms with Crippen LogP contribution in [0.2, 0.25) is 0 Å². The third kappa shape index (κ3) is 52.7. The smallest absolute Gasteiger partial charge is 0.305 e. The molecule has 0 unspecified atom stereocenters. The number of carbonyl (C=O) groups is 2. The Balaban J connectivity index is 4.24. The summed E-state index contributed by atoms with van der Waals surface area (Å²) in [7, 11) is 0. The van der Waals surface area contributed by atoms with Gasteiger partial charge >= 0.3 is 11.9 Å². The van der Waals surface area contributed by atoms with E-state index < -0.39 is 6.10 Å². The summed E-state index contributed by atoms with van der Waals surface area (Å²) < 4.78 is 17.5. The van der Waals surface area contributed by atoms with Crippen LogP contribution >= 0.6 is 0 Å². The minimum absolute atomic E-state index is 0.156. The Morgan fingerprint density at radius 2 is 0.594 bits per heavy atom. The van der Waals surface area contributed by atoms with Crippen molar-refractivity contribution in [2.75, 3.05) is 19.8 Å². The monoisotopic (exact) mass is 899 g/mol. The molecule has 0 fully saturated rings. The summed E-state index contributed by atoms with van der Waals surface area (Å²) >= 11 is 0. The minimum Gasteiger partial charge on any atom is -0.463 e. The van der Waals surface area contributed by atoms with E-state index in [0.717, 1.165) is 44.9 Å². The molecule has 0 bridgehead atoms. The average Bonchev–Trinajstić information content (AvgIpc) is 3.30. The van der Waals surface area contributed by atoms with E-state index in [1.54, 1.807) is 0 Å². The number of allylic oxidation sites excluding steroid dienone is 6. The molecular weight excluding hydrogens is 789 g/mol. The first-order valence-corrected chi connectivity index (χ1v) is 28.5. The summed E-state index contributed by atoms with van der Waals surface area (Å²) in [6, 6.07) is 0. The first-order valence-electron chi connectivity index (χ1n) is 28.5. The zero-order valence-corrected chi connectivity index (χ0v) is 43.3. The van der Waals surface area contributed by atoms with Gasteiger partial charge in [0.1, 0.15) is 19.3 Å². The molecule has 0 aromatic heterocycles. The summed E-state index contributed by atoms with van der Waals surface area (Å²) in [5.41, 5.74) is 0. The van der Waals surface area contributed by atoms with E-state index in [-0.39, 0.29) is 25.2 Å². The van der Waals surface area contributed by atoms with Gasteiger partial charge in [0, 0.05) is 19.4 Å². The Bertz CT molecular complexity index is 1020. The topological polar surface area (TPSA) is 61.8 Å². The van der Waals surface area contributed by atoms with Gasteiger partial charge in [-0.1, -0.05) is 250 Å². The molecule has 0 spiro atoms. The van der Waals surface area contributed by atoms with Gasteiger partial charge in [-0.2, -0.15) is 0 Å². The molecule has 0 aromatic rings. The van der Waals surface area contributed by atoms with Gasteiger partial charge in [0.05, 0.1) is 0 Å². The van der Waals surface area contributed by atoms with E-state index in [9.17, 15) is 9.59 Å². The van der Waals surface area contributed by atoms with Crippen LogP contribution in [0.15, 0.2) is 36.5 Å². The second kappa shape index (κ2) is 55.4. The van der Waals surface area contributed by atoms with Crippen molar-refractivity contribution < 1.29 is 23.8 Å². The lowest BCUT2D eigenvalue weighted by atomic mass is 10.0. The van der Waals surface area contributed by atoms with Gasteiger partial charge in [0.25, 0.3) is 0 Å².